The minimum absolute atomic E-state index is 0.0564. The molecular weight excluding hydrogens is 767 g/mol. The Morgan fingerprint density at radius 2 is 1.29 bits per heavy atom. The van der Waals surface area contributed by atoms with Crippen LogP contribution >= 0.6 is 7.82 Å². The van der Waals surface area contributed by atoms with Gasteiger partial charge in [-0.2, -0.15) is 0 Å². The molecule has 0 unspecified atom stereocenters. The highest BCUT2D eigenvalue weighted by Gasteiger charge is 2.33. The van der Waals surface area contributed by atoms with E-state index in [4.69, 9.17) is 32.7 Å². The topological polar surface area (TPSA) is 420 Å². The number of nitrogens with two attached hydrogens (primary N) is 4. The molecule has 17 N–H and O–H groups in total. The molecule has 6 amide bonds. The number of primary amides is 1. The summed E-state index contributed by atoms with van der Waals surface area (Å²) in [6.07, 6.45) is -1.85. The normalized spacial score (nSPS) is 14.2. The molecule has 25 heteroatoms. The highest BCUT2D eigenvalue weighted by Crippen LogP contribution is 2.37. The van der Waals surface area contributed by atoms with E-state index in [0.717, 1.165) is 12.1 Å². The van der Waals surface area contributed by atoms with Gasteiger partial charge in [0.1, 0.15) is 36.0 Å². The maximum absolute atomic E-state index is 13.8. The monoisotopic (exact) mass is 816 g/mol. The summed E-state index contributed by atoms with van der Waals surface area (Å²) >= 11 is 0. The lowest BCUT2D eigenvalue weighted by atomic mass is 10.0. The second-order valence-electron chi connectivity index (χ2n) is 12.3. The first kappa shape index (κ1) is 48.2. The standard InChI is InChI=1S/C31H49N10O14P/c1-3-19(26(46)39-20(5-4-12-36-31(34)35)27(47)37-15(2)30(50)51)38-28(48)21(13-16-6-8-17(9-7-16)55-56(52,53)54)41-29(49)22(14-24(43)44)40-25(45)18(32)10-11-23(33)42/h6-9,15,18-22H,3-5,10-14,32H2,1-2H3,(H2,33,42)(H,37,47)(H,38,48)(H,39,46)(H,40,45)(H,41,49)(H,43,44)(H,50,51)(H4,34,35,36)(H2,52,53,54)/t15-,18-,19-,20-,21-,22-/m0/s1. The van der Waals surface area contributed by atoms with Gasteiger partial charge < -0.3 is 64.3 Å². The molecule has 0 saturated carbocycles. The summed E-state index contributed by atoms with van der Waals surface area (Å²) in [5.74, 6) is -9.08. The van der Waals surface area contributed by atoms with Crippen molar-refractivity contribution in [2.24, 2.45) is 27.9 Å². The van der Waals surface area contributed by atoms with E-state index in [2.05, 4.69) is 36.1 Å². The Hall–Kier alpha value is -5.84. The van der Waals surface area contributed by atoms with Crippen molar-refractivity contribution >= 4 is 61.2 Å². The summed E-state index contributed by atoms with van der Waals surface area (Å²) in [6, 6.07) is -3.91. The van der Waals surface area contributed by atoms with Crippen molar-refractivity contribution in [2.75, 3.05) is 6.54 Å². The van der Waals surface area contributed by atoms with Crippen LogP contribution in [0.25, 0.3) is 0 Å². The average molecular weight is 817 g/mol. The predicted octanol–water partition coefficient (Wildman–Crippen LogP) is -4.24. The molecule has 312 valence electrons. The quantitative estimate of drug-likeness (QED) is 0.0192. The van der Waals surface area contributed by atoms with Gasteiger partial charge in [0.2, 0.25) is 35.4 Å². The number of carbonyl (C=O) groups excluding carboxylic acids is 6. The van der Waals surface area contributed by atoms with Crippen molar-refractivity contribution < 1.29 is 67.4 Å². The molecule has 1 rings (SSSR count). The number of phosphoric acid groups is 1. The predicted molar refractivity (Wildman–Crippen MR) is 195 cm³/mol. The summed E-state index contributed by atoms with van der Waals surface area (Å²) in [7, 11) is -4.93. The molecule has 0 aromatic heterocycles. The lowest BCUT2D eigenvalue weighted by Crippen LogP contribution is -2.59. The number of hydrogen-bond donors (Lipinski definition) is 13. The lowest BCUT2D eigenvalue weighted by molar-refractivity contribution is -0.142. The molecule has 0 heterocycles. The summed E-state index contributed by atoms with van der Waals surface area (Å²) in [5.41, 5.74) is 21.7. The molecule has 0 radical (unpaired) electrons. The summed E-state index contributed by atoms with van der Waals surface area (Å²) in [5, 5.41) is 30.3. The zero-order valence-corrected chi connectivity index (χ0v) is 31.4. The Bertz CT molecular complexity index is 1650. The number of carbonyl (C=O) groups is 8. The van der Waals surface area contributed by atoms with E-state index in [9.17, 15) is 53.1 Å². The molecule has 0 bridgehead atoms. The Labute approximate surface area is 320 Å². The van der Waals surface area contributed by atoms with Crippen molar-refractivity contribution in [1.82, 2.24) is 26.6 Å². The molecule has 56 heavy (non-hydrogen) atoms. The second-order valence-corrected chi connectivity index (χ2v) is 13.5. The van der Waals surface area contributed by atoms with Crippen LogP contribution in [0.1, 0.15) is 57.9 Å². The molecule has 24 nitrogen and oxygen atoms in total. The fraction of sp³-hybridized carbons (Fsp3) is 0.516. The highest BCUT2D eigenvalue weighted by molar-refractivity contribution is 7.46. The second kappa shape index (κ2) is 23.2. The van der Waals surface area contributed by atoms with Crippen molar-refractivity contribution in [1.29, 1.82) is 0 Å². The van der Waals surface area contributed by atoms with E-state index in [-0.39, 0.29) is 62.3 Å². The molecule has 0 aliphatic rings. The Balaban J connectivity index is 3.40. The molecule has 1 aromatic rings. The van der Waals surface area contributed by atoms with E-state index < -0.39 is 97.9 Å². The number of carboxylic acids is 2. The number of aliphatic imine (C=N–C) groups is 1. The number of phosphoric ester groups is 1. The first-order chi connectivity index (χ1) is 26.0. The SMILES string of the molecule is CC[C@H](NC(=O)[C@H](Cc1ccc(OP(=O)(O)O)cc1)NC(=O)[C@H](CC(=O)O)NC(=O)[C@@H](N)CCC(N)=O)C(=O)N[C@@H](CCCN=C(N)N)C(=O)N[C@@H](C)C(=O)O. The number of benzene rings is 1. The third kappa shape index (κ3) is 19.0. The lowest BCUT2D eigenvalue weighted by Gasteiger charge is -2.26. The smallest absolute Gasteiger partial charge is 0.481 e. The number of guanidine groups is 1. The van der Waals surface area contributed by atoms with E-state index in [1.807, 2.05) is 0 Å². The van der Waals surface area contributed by atoms with Crippen LogP contribution in [0.15, 0.2) is 29.3 Å². The molecule has 0 saturated heterocycles. The van der Waals surface area contributed by atoms with Gasteiger partial charge >= 0.3 is 19.8 Å². The summed E-state index contributed by atoms with van der Waals surface area (Å²) in [4.78, 5) is 122. The van der Waals surface area contributed by atoms with Crippen molar-refractivity contribution in [3.05, 3.63) is 29.8 Å². The van der Waals surface area contributed by atoms with Crippen LogP contribution in [-0.2, 0) is 49.3 Å². The number of nitrogens with zero attached hydrogens (tertiary/aromatic N) is 1. The van der Waals surface area contributed by atoms with Gasteiger partial charge in [-0.3, -0.25) is 53.1 Å². The highest BCUT2D eigenvalue weighted by atomic mass is 31.2. The number of aliphatic carboxylic acids is 2. The Morgan fingerprint density at radius 3 is 1.80 bits per heavy atom. The number of nitrogens with one attached hydrogen (secondary N) is 5. The van der Waals surface area contributed by atoms with Gasteiger partial charge in [0.25, 0.3) is 0 Å². The third-order valence-electron chi connectivity index (χ3n) is 7.62. The molecule has 6 atom stereocenters. The zero-order chi connectivity index (χ0) is 42.7. The molecular formula is C31H49N10O14P. The zero-order valence-electron chi connectivity index (χ0n) is 30.5. The first-order valence-electron chi connectivity index (χ1n) is 16.9. The van der Waals surface area contributed by atoms with Crippen LogP contribution in [0.5, 0.6) is 5.75 Å². The maximum Gasteiger partial charge on any atom is 0.524 e. The molecule has 1 aromatic carbocycles. The van der Waals surface area contributed by atoms with Crippen LogP contribution in [0.2, 0.25) is 0 Å². The minimum atomic E-state index is -4.93. The number of hydrogen-bond acceptors (Lipinski definition) is 12. The van der Waals surface area contributed by atoms with Crippen LogP contribution in [0, 0.1) is 0 Å². The van der Waals surface area contributed by atoms with E-state index >= 15 is 0 Å². The fourth-order valence-corrected chi connectivity index (χ4v) is 5.07. The van der Waals surface area contributed by atoms with Gasteiger partial charge in [-0.05, 0) is 50.3 Å². The minimum Gasteiger partial charge on any atom is -0.481 e. The van der Waals surface area contributed by atoms with Crippen molar-refractivity contribution in [3.8, 4) is 5.75 Å². The number of rotatable bonds is 25. The number of carboxylic acid groups (broad SMARTS) is 2. The summed E-state index contributed by atoms with van der Waals surface area (Å²) in [6.45, 7) is 2.75. The molecule has 0 aliphatic heterocycles. The van der Waals surface area contributed by atoms with Gasteiger partial charge in [-0.15, -0.1) is 0 Å². The Kier molecular flexibility index (Phi) is 19.9. The van der Waals surface area contributed by atoms with Gasteiger partial charge in [-0.1, -0.05) is 19.1 Å². The molecule has 0 fully saturated rings. The van der Waals surface area contributed by atoms with E-state index in [1.165, 1.54) is 26.0 Å². The molecule has 0 aliphatic carbocycles. The Morgan fingerprint density at radius 1 is 0.768 bits per heavy atom. The van der Waals surface area contributed by atoms with Crippen LogP contribution in [0.4, 0.5) is 0 Å². The first-order valence-corrected chi connectivity index (χ1v) is 18.5. The third-order valence-corrected chi connectivity index (χ3v) is 8.07. The molecule has 0 spiro atoms. The van der Waals surface area contributed by atoms with Crippen molar-refractivity contribution in [2.45, 2.75) is 95.0 Å². The fourth-order valence-electron chi connectivity index (χ4n) is 4.68. The number of amides is 6. The summed E-state index contributed by atoms with van der Waals surface area (Å²) < 4.78 is 15.7. The van der Waals surface area contributed by atoms with Crippen LogP contribution in [0.3, 0.4) is 0 Å². The maximum atomic E-state index is 13.8. The van der Waals surface area contributed by atoms with Gasteiger partial charge in [0, 0.05) is 19.4 Å². The van der Waals surface area contributed by atoms with E-state index in [0.29, 0.717) is 0 Å². The largest absolute Gasteiger partial charge is 0.524 e. The average Bonchev–Trinajstić information content (AvgIpc) is 3.09. The van der Waals surface area contributed by atoms with Crippen LogP contribution < -0.4 is 54.0 Å². The van der Waals surface area contributed by atoms with Crippen LogP contribution in [-0.4, -0.2) is 116 Å². The van der Waals surface area contributed by atoms with E-state index in [1.54, 1.807) is 0 Å². The van der Waals surface area contributed by atoms with Gasteiger partial charge in [0.15, 0.2) is 5.96 Å². The van der Waals surface area contributed by atoms with Gasteiger partial charge in [-0.25, -0.2) is 4.57 Å². The van der Waals surface area contributed by atoms with Crippen molar-refractivity contribution in [3.63, 3.8) is 0 Å². The van der Waals surface area contributed by atoms with Gasteiger partial charge in [0.05, 0.1) is 12.5 Å².